The number of rotatable bonds is 2. The van der Waals surface area contributed by atoms with Crippen molar-refractivity contribution in [2.24, 2.45) is 0 Å². The van der Waals surface area contributed by atoms with Gasteiger partial charge in [-0.1, -0.05) is 0 Å². The van der Waals surface area contributed by atoms with Crippen molar-refractivity contribution in [3.05, 3.63) is 23.3 Å². The lowest BCUT2D eigenvalue weighted by Crippen LogP contribution is -2.36. The van der Waals surface area contributed by atoms with Crippen LogP contribution >= 0.6 is 0 Å². The number of fused-ring (bicyclic) bond motifs is 1. The molecule has 2 rings (SSSR count). The molecule has 0 aliphatic carbocycles. The summed E-state index contributed by atoms with van der Waals surface area (Å²) in [7, 11) is 0. The van der Waals surface area contributed by atoms with E-state index in [1.54, 1.807) is 6.07 Å². The van der Waals surface area contributed by atoms with Crippen molar-refractivity contribution in [2.45, 2.75) is 39.2 Å². The zero-order valence-corrected chi connectivity index (χ0v) is 10.7. The summed E-state index contributed by atoms with van der Waals surface area (Å²) in [5, 5.41) is 9.83. The van der Waals surface area contributed by atoms with E-state index in [4.69, 9.17) is 4.74 Å². The average molecular weight is 248 g/mol. The van der Waals surface area contributed by atoms with Gasteiger partial charge >= 0.3 is 0 Å². The average Bonchev–Trinajstić information content (AvgIpc) is 2.20. The lowest BCUT2D eigenvalue weighted by molar-refractivity contribution is -0.116. The number of hydrogen-bond acceptors (Lipinski definition) is 4. The minimum Gasteiger partial charge on any atom is -0.508 e. The minimum atomic E-state index is -0.608. The molecule has 4 heteroatoms. The number of carbonyl (C=O) groups excluding carboxylic acids is 2. The van der Waals surface area contributed by atoms with Crippen molar-refractivity contribution in [3.8, 4) is 11.5 Å². The number of carbonyl (C=O) groups is 2. The third-order valence-corrected chi connectivity index (χ3v) is 2.93. The second-order valence-electron chi connectivity index (χ2n) is 5.28. The summed E-state index contributed by atoms with van der Waals surface area (Å²) in [6.45, 7) is 5.07. The zero-order valence-electron chi connectivity index (χ0n) is 10.7. The quantitative estimate of drug-likeness (QED) is 0.872. The summed E-state index contributed by atoms with van der Waals surface area (Å²) in [6.07, 6.45) is 0.364. The molecule has 1 aromatic carbocycles. The topological polar surface area (TPSA) is 63.6 Å². The van der Waals surface area contributed by atoms with Gasteiger partial charge in [0.2, 0.25) is 0 Å². The molecule has 0 unspecified atom stereocenters. The van der Waals surface area contributed by atoms with Gasteiger partial charge in [0, 0.05) is 12.0 Å². The van der Waals surface area contributed by atoms with Gasteiger partial charge < -0.3 is 9.84 Å². The van der Waals surface area contributed by atoms with Gasteiger partial charge in [0.1, 0.15) is 22.9 Å². The number of Topliss-reactive ketones (excluding diaryl/α,β-unsaturated/α-hetero) is 2. The summed E-state index contributed by atoms with van der Waals surface area (Å²) in [4.78, 5) is 23.2. The molecule has 0 amide bonds. The van der Waals surface area contributed by atoms with Crippen LogP contribution in [0, 0.1) is 0 Å². The first-order valence-electron chi connectivity index (χ1n) is 5.87. The second kappa shape index (κ2) is 4.12. The van der Waals surface area contributed by atoms with Crippen LogP contribution in [0.3, 0.4) is 0 Å². The molecule has 0 aromatic heterocycles. The third-order valence-electron chi connectivity index (χ3n) is 2.93. The Morgan fingerprint density at radius 3 is 2.72 bits per heavy atom. The third kappa shape index (κ3) is 2.23. The van der Waals surface area contributed by atoms with E-state index in [2.05, 4.69) is 0 Å². The molecule has 1 aliphatic heterocycles. The molecular formula is C14H16O4. The van der Waals surface area contributed by atoms with E-state index >= 15 is 0 Å². The van der Waals surface area contributed by atoms with Crippen molar-refractivity contribution >= 4 is 11.6 Å². The molecule has 0 atom stereocenters. The highest BCUT2D eigenvalue weighted by Gasteiger charge is 2.34. The van der Waals surface area contributed by atoms with Gasteiger partial charge in [-0.05, 0) is 32.9 Å². The van der Waals surface area contributed by atoms with E-state index in [9.17, 15) is 14.7 Å². The van der Waals surface area contributed by atoms with Crippen LogP contribution in [0.1, 0.15) is 43.1 Å². The van der Waals surface area contributed by atoms with Gasteiger partial charge in [0.15, 0.2) is 5.78 Å². The normalized spacial score (nSPS) is 16.9. The van der Waals surface area contributed by atoms with Crippen LogP contribution in [-0.2, 0) is 11.2 Å². The van der Waals surface area contributed by atoms with Gasteiger partial charge in [0.05, 0.1) is 12.0 Å². The molecule has 0 bridgehead atoms. The molecule has 1 aromatic rings. The largest absolute Gasteiger partial charge is 0.508 e. The maximum Gasteiger partial charge on any atom is 0.170 e. The van der Waals surface area contributed by atoms with Crippen LogP contribution in [0.15, 0.2) is 12.1 Å². The summed E-state index contributed by atoms with van der Waals surface area (Å²) in [6, 6.07) is 2.99. The molecule has 0 fully saturated rings. The Labute approximate surface area is 106 Å². The van der Waals surface area contributed by atoms with E-state index in [1.807, 2.05) is 13.8 Å². The van der Waals surface area contributed by atoms with E-state index in [0.717, 1.165) is 0 Å². The van der Waals surface area contributed by atoms with Gasteiger partial charge in [-0.3, -0.25) is 9.59 Å². The lowest BCUT2D eigenvalue weighted by atomic mass is 9.90. The summed E-state index contributed by atoms with van der Waals surface area (Å²) in [5.74, 6) is 0.241. The number of phenolic OH excluding ortho intramolecular Hbond substituents is 1. The van der Waals surface area contributed by atoms with E-state index < -0.39 is 5.60 Å². The van der Waals surface area contributed by atoms with Crippen molar-refractivity contribution < 1.29 is 19.4 Å². The Balaban J connectivity index is 2.58. The first-order chi connectivity index (χ1) is 8.30. The van der Waals surface area contributed by atoms with Crippen molar-refractivity contribution in [1.82, 2.24) is 0 Å². The molecule has 0 radical (unpaired) electrons. The van der Waals surface area contributed by atoms with Crippen molar-refractivity contribution in [2.75, 3.05) is 0 Å². The van der Waals surface area contributed by atoms with E-state index in [0.29, 0.717) is 23.3 Å². The minimum absolute atomic E-state index is 0.00514. The fourth-order valence-corrected chi connectivity index (χ4v) is 2.17. The molecule has 18 heavy (non-hydrogen) atoms. The maximum absolute atomic E-state index is 12.0. The number of phenols is 1. The zero-order chi connectivity index (χ0) is 13.5. The molecule has 1 aliphatic rings. The SMILES string of the molecule is CC(=O)Cc1c(O)ccc2c1OC(C)(C)CC2=O. The summed E-state index contributed by atoms with van der Waals surface area (Å²) in [5.41, 5.74) is 0.244. The molecule has 96 valence electrons. The lowest BCUT2D eigenvalue weighted by Gasteiger charge is -2.33. The van der Waals surface area contributed by atoms with Crippen LogP contribution in [0.5, 0.6) is 11.5 Å². The summed E-state index contributed by atoms with van der Waals surface area (Å²) >= 11 is 0. The Hall–Kier alpha value is -1.84. The van der Waals surface area contributed by atoms with Gasteiger partial charge in [0.25, 0.3) is 0 Å². The smallest absolute Gasteiger partial charge is 0.170 e. The molecular weight excluding hydrogens is 232 g/mol. The highest BCUT2D eigenvalue weighted by molar-refractivity contribution is 6.01. The number of aromatic hydroxyl groups is 1. The highest BCUT2D eigenvalue weighted by Crippen LogP contribution is 2.39. The Bertz CT molecular complexity index is 529. The predicted octanol–water partition coefficient (Wildman–Crippen LogP) is 2.27. The standard InChI is InChI=1S/C14H16O4/c1-8(15)6-10-11(16)5-4-9-12(17)7-14(2,3)18-13(9)10/h4-5,16H,6-7H2,1-3H3. The first kappa shape index (κ1) is 12.6. The number of ether oxygens (including phenoxy) is 1. The Morgan fingerprint density at radius 2 is 2.11 bits per heavy atom. The highest BCUT2D eigenvalue weighted by atomic mass is 16.5. The predicted molar refractivity (Wildman–Crippen MR) is 66.1 cm³/mol. The van der Waals surface area contributed by atoms with Crippen LogP contribution < -0.4 is 4.74 Å². The fraction of sp³-hybridized carbons (Fsp3) is 0.429. The summed E-state index contributed by atoms with van der Waals surface area (Å²) < 4.78 is 5.77. The van der Waals surface area contributed by atoms with E-state index in [-0.39, 0.29) is 23.7 Å². The Morgan fingerprint density at radius 1 is 1.44 bits per heavy atom. The first-order valence-corrected chi connectivity index (χ1v) is 5.87. The number of hydrogen-bond donors (Lipinski definition) is 1. The van der Waals surface area contributed by atoms with Gasteiger partial charge in [-0.25, -0.2) is 0 Å². The van der Waals surface area contributed by atoms with Crippen LogP contribution in [0.25, 0.3) is 0 Å². The Kier molecular flexibility index (Phi) is 2.89. The van der Waals surface area contributed by atoms with Crippen LogP contribution in [-0.4, -0.2) is 22.3 Å². The molecule has 0 saturated heterocycles. The molecule has 4 nitrogen and oxygen atoms in total. The molecule has 1 heterocycles. The number of benzene rings is 1. The molecule has 0 saturated carbocycles. The second-order valence-corrected chi connectivity index (χ2v) is 5.28. The van der Waals surface area contributed by atoms with Crippen LogP contribution in [0.4, 0.5) is 0 Å². The maximum atomic E-state index is 12.0. The number of ketones is 2. The van der Waals surface area contributed by atoms with Crippen molar-refractivity contribution in [3.63, 3.8) is 0 Å². The fourth-order valence-electron chi connectivity index (χ4n) is 2.17. The molecule has 1 N–H and O–H groups in total. The van der Waals surface area contributed by atoms with Crippen molar-refractivity contribution in [1.29, 1.82) is 0 Å². The van der Waals surface area contributed by atoms with E-state index in [1.165, 1.54) is 13.0 Å². The molecule has 0 spiro atoms. The van der Waals surface area contributed by atoms with Crippen LogP contribution in [0.2, 0.25) is 0 Å². The van der Waals surface area contributed by atoms with Gasteiger partial charge in [-0.15, -0.1) is 0 Å². The van der Waals surface area contributed by atoms with Gasteiger partial charge in [-0.2, -0.15) is 0 Å². The monoisotopic (exact) mass is 248 g/mol.